The van der Waals surface area contributed by atoms with E-state index in [9.17, 15) is 32.3 Å². The molecule has 0 fully saturated rings. The van der Waals surface area contributed by atoms with Gasteiger partial charge in [-0.1, -0.05) is 77.1 Å². The smallest absolute Gasteiger partial charge is 0.396 e. The normalized spacial score (nSPS) is 14.2. The Morgan fingerprint density at radius 1 is 0.939 bits per heavy atom. The summed E-state index contributed by atoms with van der Waals surface area (Å²) in [5.41, 5.74) is -5.08. The van der Waals surface area contributed by atoms with Gasteiger partial charge >= 0.3 is 11.9 Å². The average Bonchev–Trinajstić information content (AvgIpc) is 2.99. The van der Waals surface area contributed by atoms with Gasteiger partial charge in [0.05, 0.1) is 24.7 Å². The molecule has 14 heteroatoms. The summed E-state index contributed by atoms with van der Waals surface area (Å²) >= 11 is 0. The number of methoxy groups -OCH3 is 1. The lowest BCUT2D eigenvalue weighted by Crippen LogP contribution is -2.67. The monoisotopic (exact) mass is 699 g/mol. The third-order valence-electron chi connectivity index (χ3n) is 8.31. The lowest BCUT2D eigenvalue weighted by Gasteiger charge is -2.50. The minimum atomic E-state index is -4.76. The Kier molecular flexibility index (Phi) is 10.8. The molecule has 1 radical (unpaired) electrons. The van der Waals surface area contributed by atoms with Crippen LogP contribution in [0.5, 0.6) is 5.75 Å². The van der Waals surface area contributed by atoms with Crippen molar-refractivity contribution in [1.82, 2.24) is 19.4 Å². The van der Waals surface area contributed by atoms with E-state index in [0.717, 1.165) is 9.13 Å². The maximum absolute atomic E-state index is 14.9. The number of H-pyrrole nitrogens is 1. The number of alkyl halides is 3. The first-order valence-corrected chi connectivity index (χ1v) is 18.2. The summed E-state index contributed by atoms with van der Waals surface area (Å²) in [5, 5.41) is 2.49. The number of nitrogens with zero attached hydrogens (tertiary/aromatic N) is 2. The van der Waals surface area contributed by atoms with Gasteiger partial charge in [0.25, 0.3) is 11.1 Å². The van der Waals surface area contributed by atoms with Gasteiger partial charge in [-0.05, 0) is 47.8 Å². The molecule has 10 nitrogen and oxygen atoms in total. The van der Waals surface area contributed by atoms with E-state index in [1.807, 2.05) is 0 Å². The van der Waals surface area contributed by atoms with Gasteiger partial charge in [-0.25, -0.2) is 4.79 Å². The van der Waals surface area contributed by atoms with Crippen LogP contribution >= 0.6 is 0 Å². The van der Waals surface area contributed by atoms with E-state index in [2.05, 4.69) is 10.3 Å². The molecule has 0 bridgehead atoms. The second-order valence-electron chi connectivity index (χ2n) is 13.6. The Balaban J connectivity index is 1.89. The number of ether oxygens (including phenoxy) is 1. The number of aromatic nitrogens is 3. The van der Waals surface area contributed by atoms with E-state index < -0.39 is 67.5 Å². The maximum atomic E-state index is 14.9. The largest absolute Gasteiger partial charge is 0.497 e. The molecule has 0 aliphatic carbocycles. The van der Waals surface area contributed by atoms with Crippen LogP contribution in [0.4, 0.5) is 13.2 Å². The van der Waals surface area contributed by atoms with Crippen LogP contribution in [-0.4, -0.2) is 48.1 Å². The van der Waals surface area contributed by atoms with Crippen LogP contribution in [0.2, 0.25) is 13.1 Å². The van der Waals surface area contributed by atoms with Gasteiger partial charge in [-0.15, -0.1) is 0 Å². The van der Waals surface area contributed by atoms with Crippen LogP contribution in [0.1, 0.15) is 40.2 Å². The Labute approximate surface area is 283 Å². The van der Waals surface area contributed by atoms with Crippen LogP contribution in [0.25, 0.3) is 22.2 Å². The van der Waals surface area contributed by atoms with Crippen LogP contribution in [0.3, 0.4) is 0 Å². The zero-order valence-electron chi connectivity index (χ0n) is 28.8. The molecule has 1 amide bonds. The third kappa shape index (κ3) is 7.91. The molecule has 4 aromatic rings. The highest BCUT2D eigenvalue weighted by molar-refractivity contribution is 6.48. The summed E-state index contributed by atoms with van der Waals surface area (Å²) in [6, 6.07) is 16.7. The third-order valence-corrected chi connectivity index (χ3v) is 9.06. The number of aromatic amines is 1. The second kappa shape index (κ2) is 14.2. The molecule has 2 aromatic carbocycles. The molecule has 2 heterocycles. The molecule has 0 spiro atoms. The fraction of sp³-hybridized carbons (Fsp3) is 0.429. The highest BCUT2D eigenvalue weighted by Gasteiger charge is 2.61. The van der Waals surface area contributed by atoms with Crippen LogP contribution in [0, 0.1) is 17.3 Å². The van der Waals surface area contributed by atoms with Crippen molar-refractivity contribution in [3.8, 4) is 17.0 Å². The van der Waals surface area contributed by atoms with Gasteiger partial charge in [0.15, 0.2) is 0 Å². The number of rotatable bonds is 11. The SMILES string of the molecule is COc1ccc(Cn2c(=O)[nH]c3c(=O)n(CC(=O)NC(O[Si](C)C)(C(C)C)C(C(C)(C)C)C(F)(F)F)c(-c4ccccc4)cc3c2=O)cc1. The number of pyridine rings is 1. The van der Waals surface area contributed by atoms with Gasteiger partial charge in [-0.2, -0.15) is 13.2 Å². The number of benzene rings is 2. The minimum absolute atomic E-state index is 0.0933. The van der Waals surface area contributed by atoms with Crippen molar-refractivity contribution >= 4 is 25.9 Å². The molecule has 263 valence electrons. The number of hydrogen-bond acceptors (Lipinski definition) is 6. The zero-order chi connectivity index (χ0) is 36.5. The average molecular weight is 700 g/mol. The summed E-state index contributed by atoms with van der Waals surface area (Å²) in [6.07, 6.45) is -4.76. The first-order chi connectivity index (χ1) is 22.8. The second-order valence-corrected chi connectivity index (χ2v) is 15.6. The van der Waals surface area contributed by atoms with E-state index in [1.165, 1.54) is 33.9 Å². The quantitative estimate of drug-likeness (QED) is 0.157. The number of carbonyl (C=O) groups is 1. The molecule has 2 aromatic heterocycles. The molecule has 2 unspecified atom stereocenters. The van der Waals surface area contributed by atoms with Gasteiger partial charge in [-0.3, -0.25) is 23.5 Å². The zero-order valence-corrected chi connectivity index (χ0v) is 29.8. The first kappa shape index (κ1) is 37.4. The van der Waals surface area contributed by atoms with Gasteiger partial charge < -0.3 is 19.5 Å². The number of nitrogens with one attached hydrogen (secondary N) is 2. The molecule has 49 heavy (non-hydrogen) atoms. The first-order valence-electron chi connectivity index (χ1n) is 15.8. The van der Waals surface area contributed by atoms with Crippen molar-refractivity contribution in [2.75, 3.05) is 7.11 Å². The Bertz CT molecular complexity index is 1970. The van der Waals surface area contributed by atoms with E-state index in [0.29, 0.717) is 16.9 Å². The molecule has 0 aliphatic rings. The van der Waals surface area contributed by atoms with Gasteiger partial charge in [0.2, 0.25) is 14.9 Å². The van der Waals surface area contributed by atoms with Gasteiger partial charge in [0.1, 0.15) is 29.5 Å². The fourth-order valence-corrected chi connectivity index (χ4v) is 7.36. The maximum Gasteiger partial charge on any atom is 0.396 e. The Morgan fingerprint density at radius 2 is 1.55 bits per heavy atom. The summed E-state index contributed by atoms with van der Waals surface area (Å²) in [6.45, 7) is 9.97. The fourth-order valence-electron chi connectivity index (χ4n) is 6.28. The van der Waals surface area contributed by atoms with Crippen LogP contribution < -0.4 is 26.9 Å². The lowest BCUT2D eigenvalue weighted by molar-refractivity contribution is -0.265. The van der Waals surface area contributed by atoms with Crippen LogP contribution in [-0.2, 0) is 22.3 Å². The molecule has 0 saturated heterocycles. The lowest BCUT2D eigenvalue weighted by atomic mass is 9.70. The topological polar surface area (TPSA) is 124 Å². The van der Waals surface area contributed by atoms with E-state index in [4.69, 9.17) is 9.16 Å². The highest BCUT2D eigenvalue weighted by atomic mass is 28.3. The van der Waals surface area contributed by atoms with Crippen molar-refractivity contribution in [2.24, 2.45) is 17.3 Å². The van der Waals surface area contributed by atoms with Gasteiger partial charge in [0, 0.05) is 5.92 Å². The van der Waals surface area contributed by atoms with Crippen molar-refractivity contribution < 1.29 is 27.1 Å². The number of halogens is 3. The predicted molar refractivity (Wildman–Crippen MR) is 184 cm³/mol. The summed E-state index contributed by atoms with van der Waals surface area (Å²) < 4.78 is 57.9. The number of hydrogen-bond donors (Lipinski definition) is 2. The van der Waals surface area contributed by atoms with Crippen molar-refractivity contribution in [2.45, 2.75) is 72.7 Å². The van der Waals surface area contributed by atoms with Crippen molar-refractivity contribution in [3.05, 3.63) is 97.4 Å². The molecular formula is C35H42F3N4O6Si. The number of fused-ring (bicyclic) bond motifs is 1. The van der Waals surface area contributed by atoms with Crippen LogP contribution in [0.15, 0.2) is 75.0 Å². The van der Waals surface area contributed by atoms with E-state index in [-0.39, 0.29) is 23.1 Å². The summed E-state index contributed by atoms with van der Waals surface area (Å²) in [4.78, 5) is 57.4. The van der Waals surface area contributed by atoms with Crippen molar-refractivity contribution in [1.29, 1.82) is 0 Å². The Hall–Kier alpha value is -4.43. The van der Waals surface area contributed by atoms with E-state index in [1.54, 1.807) is 81.5 Å². The molecule has 4 rings (SSSR count). The Morgan fingerprint density at radius 3 is 2.06 bits per heavy atom. The molecule has 0 aliphatic heterocycles. The highest BCUT2D eigenvalue weighted by Crippen LogP contribution is 2.49. The summed E-state index contributed by atoms with van der Waals surface area (Å²) in [5.74, 6) is -3.26. The standard InChI is InChI=1S/C35H42F3N4O6Si/c1-21(2)34(48-49(7)8,31(33(3,4)5)35(36,37)38)40-27(43)20-41-26(23-12-10-9-11-13-23)18-25-28(30(41)45)39-32(46)42(29(25)44)19-22-14-16-24(47-6)17-15-22/h9-18,21,31H,19-20H2,1-8H3,(H,39,46)(H,40,43). The molecule has 2 atom stereocenters. The molecular weight excluding hydrogens is 657 g/mol. The van der Waals surface area contributed by atoms with Crippen molar-refractivity contribution in [3.63, 3.8) is 0 Å². The molecule has 0 saturated carbocycles. The minimum Gasteiger partial charge on any atom is -0.497 e. The predicted octanol–water partition coefficient (Wildman–Crippen LogP) is 5.54. The number of carbonyl (C=O) groups excluding carboxylic acids is 1. The van der Waals surface area contributed by atoms with E-state index >= 15 is 0 Å². The molecule has 2 N–H and O–H groups in total. The summed E-state index contributed by atoms with van der Waals surface area (Å²) in [7, 11) is -0.295. The number of amides is 1.